The van der Waals surface area contributed by atoms with Crippen molar-refractivity contribution in [2.45, 2.75) is 33.3 Å². The third kappa shape index (κ3) is 4.62. The summed E-state index contributed by atoms with van der Waals surface area (Å²) in [6.07, 6.45) is -0.490. The molecule has 0 spiro atoms. The van der Waals surface area contributed by atoms with Crippen LogP contribution in [-0.4, -0.2) is 48.9 Å². The maximum Gasteiger partial charge on any atom is 0.267 e. The molecule has 7 heteroatoms. The quantitative estimate of drug-likeness (QED) is 0.796. The second kappa shape index (κ2) is 8.98. The van der Waals surface area contributed by atoms with Crippen molar-refractivity contribution in [2.75, 3.05) is 30.4 Å². The number of likely N-dealkylation sites (N-methyl/N-ethyl adjacent to an activating group) is 1. The number of nitrogens with one attached hydrogen (secondary N) is 1. The standard InChI is InChI=1S/C23H27N3O4/c1-15-8-7-9-16(2)22(15)24-20(27)14-25(4)21(28)12-13-26-18-10-5-6-11-19(18)30-17(3)23(26)29/h5-11,17H,12-14H2,1-4H3,(H,24,27). The van der Waals surface area contributed by atoms with Gasteiger partial charge in [0.25, 0.3) is 5.91 Å². The van der Waals surface area contributed by atoms with E-state index in [0.29, 0.717) is 11.4 Å². The molecule has 1 unspecified atom stereocenters. The van der Waals surface area contributed by atoms with E-state index in [4.69, 9.17) is 4.74 Å². The molecule has 30 heavy (non-hydrogen) atoms. The van der Waals surface area contributed by atoms with Gasteiger partial charge in [-0.2, -0.15) is 0 Å². The van der Waals surface area contributed by atoms with Gasteiger partial charge in [-0.15, -0.1) is 0 Å². The lowest BCUT2D eigenvalue weighted by Gasteiger charge is -2.33. The van der Waals surface area contributed by atoms with Crippen molar-refractivity contribution in [1.29, 1.82) is 0 Å². The number of hydrogen-bond acceptors (Lipinski definition) is 4. The van der Waals surface area contributed by atoms with Crippen LogP contribution < -0.4 is 15.0 Å². The average molecular weight is 409 g/mol. The highest BCUT2D eigenvalue weighted by atomic mass is 16.5. The van der Waals surface area contributed by atoms with E-state index in [-0.39, 0.29) is 37.2 Å². The van der Waals surface area contributed by atoms with E-state index in [1.165, 1.54) is 4.90 Å². The molecule has 0 bridgehead atoms. The molecule has 0 saturated carbocycles. The fraction of sp³-hybridized carbons (Fsp3) is 0.348. The zero-order chi connectivity index (χ0) is 21.8. The number of carbonyl (C=O) groups excluding carboxylic acids is 3. The Kier molecular flexibility index (Phi) is 6.40. The SMILES string of the molecule is Cc1cccc(C)c1NC(=O)CN(C)C(=O)CCN1C(=O)C(C)Oc2ccccc21. The lowest BCUT2D eigenvalue weighted by atomic mass is 10.1. The minimum absolute atomic E-state index is 0.0589. The highest BCUT2D eigenvalue weighted by Gasteiger charge is 2.31. The van der Waals surface area contributed by atoms with Gasteiger partial charge in [-0.1, -0.05) is 30.3 Å². The summed E-state index contributed by atoms with van der Waals surface area (Å²) in [5.41, 5.74) is 3.36. The summed E-state index contributed by atoms with van der Waals surface area (Å²) in [7, 11) is 1.59. The van der Waals surface area contributed by atoms with Gasteiger partial charge in [-0.05, 0) is 44.0 Å². The summed E-state index contributed by atoms with van der Waals surface area (Å²) in [5.74, 6) is -0.0314. The summed E-state index contributed by atoms with van der Waals surface area (Å²) in [6, 6.07) is 13.0. The summed E-state index contributed by atoms with van der Waals surface area (Å²) in [6.45, 7) is 5.71. The minimum Gasteiger partial charge on any atom is -0.479 e. The first-order valence-electron chi connectivity index (χ1n) is 9.95. The van der Waals surface area contributed by atoms with Crippen LogP contribution in [0.25, 0.3) is 0 Å². The van der Waals surface area contributed by atoms with Crippen molar-refractivity contribution in [3.63, 3.8) is 0 Å². The van der Waals surface area contributed by atoms with Crippen LogP contribution in [0.15, 0.2) is 42.5 Å². The third-order valence-corrected chi connectivity index (χ3v) is 5.17. The lowest BCUT2D eigenvalue weighted by Crippen LogP contribution is -2.46. The van der Waals surface area contributed by atoms with E-state index in [1.54, 1.807) is 31.0 Å². The number of rotatable bonds is 6. The average Bonchev–Trinajstić information content (AvgIpc) is 2.71. The van der Waals surface area contributed by atoms with E-state index < -0.39 is 6.10 Å². The minimum atomic E-state index is -0.601. The van der Waals surface area contributed by atoms with Crippen LogP contribution in [0.1, 0.15) is 24.5 Å². The Morgan fingerprint density at radius 1 is 1.10 bits per heavy atom. The van der Waals surface area contributed by atoms with Gasteiger partial charge < -0.3 is 19.9 Å². The van der Waals surface area contributed by atoms with Crippen molar-refractivity contribution in [2.24, 2.45) is 0 Å². The summed E-state index contributed by atoms with van der Waals surface area (Å²) in [5, 5.41) is 2.88. The van der Waals surface area contributed by atoms with Crippen molar-refractivity contribution in [3.8, 4) is 5.75 Å². The largest absolute Gasteiger partial charge is 0.479 e. The predicted molar refractivity (Wildman–Crippen MR) is 116 cm³/mol. The normalized spacial score (nSPS) is 15.3. The Hall–Kier alpha value is -3.35. The molecule has 0 saturated heterocycles. The van der Waals surface area contributed by atoms with E-state index in [2.05, 4.69) is 5.32 Å². The zero-order valence-electron chi connectivity index (χ0n) is 17.8. The van der Waals surface area contributed by atoms with Crippen molar-refractivity contribution >= 4 is 29.1 Å². The molecule has 3 rings (SSSR count). The molecule has 3 amide bonds. The fourth-order valence-corrected chi connectivity index (χ4v) is 3.48. The molecule has 0 aromatic heterocycles. The number of nitrogens with zero attached hydrogens (tertiary/aromatic N) is 2. The topological polar surface area (TPSA) is 79.0 Å². The van der Waals surface area contributed by atoms with Gasteiger partial charge >= 0.3 is 0 Å². The molecule has 7 nitrogen and oxygen atoms in total. The van der Waals surface area contributed by atoms with Gasteiger partial charge in [0.15, 0.2) is 6.10 Å². The number of fused-ring (bicyclic) bond motifs is 1. The van der Waals surface area contributed by atoms with E-state index in [1.807, 2.05) is 44.2 Å². The molecule has 1 aliphatic rings. The first-order valence-corrected chi connectivity index (χ1v) is 9.95. The van der Waals surface area contributed by atoms with Gasteiger partial charge in [0.2, 0.25) is 11.8 Å². The summed E-state index contributed by atoms with van der Waals surface area (Å²) >= 11 is 0. The number of hydrogen-bond donors (Lipinski definition) is 1. The predicted octanol–water partition coefficient (Wildman–Crippen LogP) is 2.90. The maximum absolute atomic E-state index is 12.6. The first kappa shape index (κ1) is 21.4. The van der Waals surface area contributed by atoms with Gasteiger partial charge in [0.05, 0.1) is 12.2 Å². The molecule has 1 N–H and O–H groups in total. The van der Waals surface area contributed by atoms with Crippen LogP contribution >= 0.6 is 0 Å². The lowest BCUT2D eigenvalue weighted by molar-refractivity contribution is -0.133. The Morgan fingerprint density at radius 2 is 1.77 bits per heavy atom. The second-order valence-corrected chi connectivity index (χ2v) is 7.53. The molecule has 2 aromatic rings. The Morgan fingerprint density at radius 3 is 2.47 bits per heavy atom. The number of anilines is 2. The van der Waals surface area contributed by atoms with Gasteiger partial charge in [0, 0.05) is 25.7 Å². The van der Waals surface area contributed by atoms with Gasteiger partial charge in [-0.3, -0.25) is 14.4 Å². The smallest absolute Gasteiger partial charge is 0.267 e. The number of ether oxygens (including phenoxy) is 1. The molecule has 2 aromatic carbocycles. The van der Waals surface area contributed by atoms with Gasteiger partial charge in [-0.25, -0.2) is 0 Å². The number of carbonyl (C=O) groups is 3. The van der Waals surface area contributed by atoms with Crippen LogP contribution in [-0.2, 0) is 14.4 Å². The number of aryl methyl sites for hydroxylation is 2. The first-order chi connectivity index (χ1) is 14.3. The summed E-state index contributed by atoms with van der Waals surface area (Å²) in [4.78, 5) is 40.5. The Bertz CT molecular complexity index is 952. The second-order valence-electron chi connectivity index (χ2n) is 7.53. The molecular weight excluding hydrogens is 382 g/mol. The van der Waals surface area contributed by atoms with E-state index in [0.717, 1.165) is 16.8 Å². The maximum atomic E-state index is 12.6. The number of benzene rings is 2. The molecule has 0 aliphatic carbocycles. The van der Waals surface area contributed by atoms with E-state index >= 15 is 0 Å². The Balaban J connectivity index is 1.58. The van der Waals surface area contributed by atoms with Crippen molar-refractivity contribution in [3.05, 3.63) is 53.6 Å². The number of para-hydroxylation sites is 3. The molecule has 1 aliphatic heterocycles. The van der Waals surface area contributed by atoms with Crippen LogP contribution in [0.5, 0.6) is 5.75 Å². The van der Waals surface area contributed by atoms with Crippen molar-refractivity contribution in [1.82, 2.24) is 4.90 Å². The van der Waals surface area contributed by atoms with Crippen LogP contribution in [0.4, 0.5) is 11.4 Å². The zero-order valence-corrected chi connectivity index (χ0v) is 17.8. The molecule has 0 radical (unpaired) electrons. The fourth-order valence-electron chi connectivity index (χ4n) is 3.48. The molecule has 0 fully saturated rings. The van der Waals surface area contributed by atoms with Crippen LogP contribution in [0, 0.1) is 13.8 Å². The number of amides is 3. The molecule has 158 valence electrons. The molecular formula is C23H27N3O4. The summed E-state index contributed by atoms with van der Waals surface area (Å²) < 4.78 is 5.62. The highest BCUT2D eigenvalue weighted by Crippen LogP contribution is 2.33. The van der Waals surface area contributed by atoms with Crippen LogP contribution in [0.3, 0.4) is 0 Å². The van der Waals surface area contributed by atoms with Crippen LogP contribution in [0.2, 0.25) is 0 Å². The van der Waals surface area contributed by atoms with Gasteiger partial charge in [0.1, 0.15) is 5.75 Å². The van der Waals surface area contributed by atoms with Crippen molar-refractivity contribution < 1.29 is 19.1 Å². The molecule has 1 atom stereocenters. The monoisotopic (exact) mass is 409 g/mol. The van der Waals surface area contributed by atoms with E-state index in [9.17, 15) is 14.4 Å². The highest BCUT2D eigenvalue weighted by molar-refractivity contribution is 6.00. The third-order valence-electron chi connectivity index (χ3n) is 5.17. The Labute approximate surface area is 176 Å². The molecule has 1 heterocycles.